The molecule has 0 bridgehead atoms. The van der Waals surface area contributed by atoms with Crippen LogP contribution >= 0.6 is 24.0 Å². The minimum absolute atomic E-state index is 0. The molecule has 0 fully saturated rings. The van der Waals surface area contributed by atoms with Crippen LogP contribution in [0.5, 0.6) is 5.75 Å². The zero-order chi connectivity index (χ0) is 19.9. The van der Waals surface area contributed by atoms with Gasteiger partial charge in [-0.1, -0.05) is 31.0 Å². The Kier molecular flexibility index (Phi) is 16.0. The van der Waals surface area contributed by atoms with E-state index in [1.807, 2.05) is 6.92 Å². The van der Waals surface area contributed by atoms with Gasteiger partial charge in [0.25, 0.3) is 0 Å². The summed E-state index contributed by atoms with van der Waals surface area (Å²) in [6.45, 7) is 4.48. The zero-order valence-corrected chi connectivity index (χ0v) is 19.1. The lowest BCUT2D eigenvalue weighted by Crippen LogP contribution is -2.38. The molecule has 6 nitrogen and oxygen atoms in total. The number of halogens is 3. The Morgan fingerprint density at radius 2 is 1.82 bits per heavy atom. The summed E-state index contributed by atoms with van der Waals surface area (Å²) < 4.78 is 40.5. The summed E-state index contributed by atoms with van der Waals surface area (Å²) in [5.41, 5.74) is 1.60. The predicted molar refractivity (Wildman–Crippen MR) is 118 cm³/mol. The molecule has 0 aromatic heterocycles. The molecule has 28 heavy (non-hydrogen) atoms. The van der Waals surface area contributed by atoms with Gasteiger partial charge in [0.05, 0.1) is 19.8 Å². The zero-order valence-electron chi connectivity index (χ0n) is 16.8. The van der Waals surface area contributed by atoms with Crippen molar-refractivity contribution < 1.29 is 23.0 Å². The Morgan fingerprint density at radius 3 is 2.46 bits per heavy atom. The lowest BCUT2D eigenvalue weighted by molar-refractivity contribution is -0.0504. The molecule has 162 valence electrons. The highest BCUT2D eigenvalue weighted by atomic mass is 127. The molecule has 1 rings (SSSR count). The summed E-state index contributed by atoms with van der Waals surface area (Å²) in [4.78, 5) is 4.11. The van der Waals surface area contributed by atoms with Crippen LogP contribution in [-0.4, -0.2) is 52.6 Å². The standard InChI is InChI=1S/C19H31F2N3O3.HI/c1-4-5-9-25-11-12-26-10-8-23-19(22-3)24-14-16-13-15(2)6-7-17(16)27-18(20)21;/h6-7,13,18H,4-5,8-12,14H2,1-3H3,(H2,22,23,24);1H. The Labute approximate surface area is 183 Å². The first-order valence-corrected chi connectivity index (χ1v) is 9.21. The number of nitrogens with zero attached hydrogens (tertiary/aromatic N) is 1. The number of hydrogen-bond donors (Lipinski definition) is 2. The van der Waals surface area contributed by atoms with Crippen molar-refractivity contribution in [2.75, 3.05) is 40.0 Å². The van der Waals surface area contributed by atoms with Crippen LogP contribution in [0.1, 0.15) is 30.9 Å². The highest BCUT2D eigenvalue weighted by Crippen LogP contribution is 2.21. The van der Waals surface area contributed by atoms with Crippen molar-refractivity contribution in [1.29, 1.82) is 0 Å². The van der Waals surface area contributed by atoms with E-state index in [-0.39, 0.29) is 29.7 Å². The van der Waals surface area contributed by atoms with Gasteiger partial charge < -0.3 is 24.8 Å². The van der Waals surface area contributed by atoms with Crippen LogP contribution in [0.4, 0.5) is 8.78 Å². The van der Waals surface area contributed by atoms with Gasteiger partial charge in [-0.2, -0.15) is 8.78 Å². The van der Waals surface area contributed by atoms with E-state index in [9.17, 15) is 8.78 Å². The SMILES string of the molecule is CCCCOCCOCCNC(=NC)NCc1cc(C)ccc1OC(F)F.I. The maximum absolute atomic E-state index is 12.5. The van der Waals surface area contributed by atoms with Crippen LogP contribution in [-0.2, 0) is 16.0 Å². The molecule has 0 saturated heterocycles. The molecule has 9 heteroatoms. The van der Waals surface area contributed by atoms with Crippen LogP contribution in [0.25, 0.3) is 0 Å². The van der Waals surface area contributed by atoms with Gasteiger partial charge in [-0.3, -0.25) is 4.99 Å². The molecule has 0 heterocycles. The van der Waals surface area contributed by atoms with E-state index in [4.69, 9.17) is 9.47 Å². The number of hydrogen-bond acceptors (Lipinski definition) is 4. The maximum Gasteiger partial charge on any atom is 0.387 e. The molecule has 0 aliphatic rings. The second-order valence-corrected chi connectivity index (χ2v) is 5.92. The van der Waals surface area contributed by atoms with Gasteiger partial charge in [0, 0.05) is 32.3 Å². The highest BCUT2D eigenvalue weighted by molar-refractivity contribution is 14.0. The van der Waals surface area contributed by atoms with Crippen molar-refractivity contribution in [1.82, 2.24) is 10.6 Å². The fraction of sp³-hybridized carbons (Fsp3) is 0.632. The smallest absolute Gasteiger partial charge is 0.387 e. The van der Waals surface area contributed by atoms with Crippen LogP contribution in [0.3, 0.4) is 0 Å². The largest absolute Gasteiger partial charge is 0.434 e. The van der Waals surface area contributed by atoms with E-state index in [1.165, 1.54) is 0 Å². The van der Waals surface area contributed by atoms with Crippen molar-refractivity contribution >= 4 is 29.9 Å². The van der Waals surface area contributed by atoms with Crippen LogP contribution in [0.15, 0.2) is 23.2 Å². The number of rotatable bonds is 13. The Balaban J connectivity index is 0.00000729. The molecular formula is C19H32F2IN3O3. The fourth-order valence-corrected chi connectivity index (χ4v) is 2.27. The number of alkyl halides is 2. The quantitative estimate of drug-likeness (QED) is 0.182. The van der Waals surface area contributed by atoms with Gasteiger partial charge in [-0.05, 0) is 19.4 Å². The Bertz CT molecular complexity index is 563. The van der Waals surface area contributed by atoms with E-state index < -0.39 is 6.61 Å². The molecule has 0 aliphatic carbocycles. The minimum atomic E-state index is -2.85. The van der Waals surface area contributed by atoms with E-state index in [2.05, 4.69) is 27.3 Å². The molecule has 1 aromatic rings. The first-order valence-electron chi connectivity index (χ1n) is 9.21. The van der Waals surface area contributed by atoms with Crippen molar-refractivity contribution in [3.05, 3.63) is 29.3 Å². The number of unbranched alkanes of at least 4 members (excludes halogenated alkanes) is 1. The summed E-state index contributed by atoms with van der Waals surface area (Å²) in [5, 5.41) is 6.20. The summed E-state index contributed by atoms with van der Waals surface area (Å²) >= 11 is 0. The topological polar surface area (TPSA) is 64.1 Å². The summed E-state index contributed by atoms with van der Waals surface area (Å²) in [7, 11) is 1.64. The molecule has 0 spiro atoms. The molecule has 0 aliphatic heterocycles. The van der Waals surface area contributed by atoms with Gasteiger partial charge in [0.1, 0.15) is 5.75 Å². The van der Waals surface area contributed by atoms with E-state index >= 15 is 0 Å². The van der Waals surface area contributed by atoms with Gasteiger partial charge in [-0.25, -0.2) is 0 Å². The first kappa shape index (κ1) is 26.8. The third-order valence-electron chi connectivity index (χ3n) is 3.66. The highest BCUT2D eigenvalue weighted by Gasteiger charge is 2.10. The molecule has 0 atom stereocenters. The van der Waals surface area contributed by atoms with Gasteiger partial charge in [0.15, 0.2) is 5.96 Å². The van der Waals surface area contributed by atoms with Crippen LogP contribution in [0, 0.1) is 6.92 Å². The number of aryl methyl sites for hydroxylation is 1. The van der Waals surface area contributed by atoms with Gasteiger partial charge in [-0.15, -0.1) is 24.0 Å². The van der Waals surface area contributed by atoms with Crippen molar-refractivity contribution in [2.45, 2.75) is 39.8 Å². The third kappa shape index (κ3) is 12.3. The molecular weight excluding hydrogens is 483 g/mol. The van der Waals surface area contributed by atoms with Crippen molar-refractivity contribution in [3.8, 4) is 5.75 Å². The second-order valence-electron chi connectivity index (χ2n) is 5.92. The normalized spacial score (nSPS) is 11.3. The number of guanidine groups is 1. The average molecular weight is 515 g/mol. The van der Waals surface area contributed by atoms with E-state index in [0.717, 1.165) is 25.0 Å². The molecule has 0 amide bonds. The van der Waals surface area contributed by atoms with E-state index in [1.54, 1.807) is 25.2 Å². The average Bonchev–Trinajstić information content (AvgIpc) is 2.64. The second kappa shape index (κ2) is 16.7. The molecule has 1 aromatic carbocycles. The molecule has 0 saturated carbocycles. The van der Waals surface area contributed by atoms with Crippen molar-refractivity contribution in [3.63, 3.8) is 0 Å². The monoisotopic (exact) mass is 515 g/mol. The van der Waals surface area contributed by atoms with Crippen molar-refractivity contribution in [2.24, 2.45) is 4.99 Å². The predicted octanol–water partition coefficient (Wildman–Crippen LogP) is 3.71. The van der Waals surface area contributed by atoms with Gasteiger partial charge in [0.2, 0.25) is 0 Å². The number of nitrogens with one attached hydrogen (secondary N) is 2. The summed E-state index contributed by atoms with van der Waals surface area (Å²) in [6, 6.07) is 5.09. The molecule has 2 N–H and O–H groups in total. The maximum atomic E-state index is 12.5. The van der Waals surface area contributed by atoms with Crippen LogP contribution < -0.4 is 15.4 Å². The first-order chi connectivity index (χ1) is 13.1. The van der Waals surface area contributed by atoms with Gasteiger partial charge >= 0.3 is 6.61 Å². The number of ether oxygens (including phenoxy) is 3. The fourth-order valence-electron chi connectivity index (χ4n) is 2.27. The Hall–Kier alpha value is -1.20. The summed E-state index contributed by atoms with van der Waals surface area (Å²) in [5.74, 6) is 0.715. The van der Waals surface area contributed by atoms with E-state index in [0.29, 0.717) is 44.4 Å². The number of aliphatic imine (C=N–C) groups is 1. The summed E-state index contributed by atoms with van der Waals surface area (Å²) in [6.07, 6.45) is 2.18. The lowest BCUT2D eigenvalue weighted by Gasteiger charge is -2.15. The Morgan fingerprint density at radius 1 is 1.11 bits per heavy atom. The number of benzene rings is 1. The lowest BCUT2D eigenvalue weighted by atomic mass is 10.1. The van der Waals surface area contributed by atoms with Crippen LogP contribution in [0.2, 0.25) is 0 Å². The molecule has 0 radical (unpaired) electrons. The minimum Gasteiger partial charge on any atom is -0.434 e. The third-order valence-corrected chi connectivity index (χ3v) is 3.66. The molecule has 0 unspecified atom stereocenters.